The summed E-state index contributed by atoms with van der Waals surface area (Å²) in [5, 5.41) is 12.2. The average Bonchev–Trinajstić information content (AvgIpc) is 2.88. The Morgan fingerprint density at radius 2 is 2.36 bits per heavy atom. The predicted molar refractivity (Wildman–Crippen MR) is 52.7 cm³/mol. The minimum absolute atomic E-state index is 0.187. The van der Waals surface area contributed by atoms with Crippen LogP contribution in [0.5, 0.6) is 0 Å². The lowest BCUT2D eigenvalue weighted by Crippen LogP contribution is -2.35. The van der Waals surface area contributed by atoms with Crippen LogP contribution in [-0.4, -0.2) is 48.7 Å². The first-order chi connectivity index (χ1) is 6.81. The van der Waals surface area contributed by atoms with Crippen molar-refractivity contribution < 1.29 is 9.90 Å². The molecular weight excluding hydrogens is 180 g/mol. The van der Waals surface area contributed by atoms with E-state index >= 15 is 0 Å². The Bertz CT molecular complexity index is 214. The molecule has 4 heteroatoms. The van der Waals surface area contributed by atoms with Gasteiger partial charge in [0.2, 0.25) is 5.91 Å². The summed E-state index contributed by atoms with van der Waals surface area (Å²) in [5.74, 6) is 0.784. The number of nitrogens with zero attached hydrogens (tertiary/aromatic N) is 1. The minimum atomic E-state index is 0.187. The molecule has 0 aromatic carbocycles. The maximum Gasteiger partial charge on any atom is 0.227 e. The number of nitrogens with one attached hydrogen (secondary N) is 1. The van der Waals surface area contributed by atoms with Gasteiger partial charge < -0.3 is 15.3 Å². The second-order valence-electron chi connectivity index (χ2n) is 4.31. The zero-order valence-electron chi connectivity index (χ0n) is 8.41. The molecule has 0 unspecified atom stereocenters. The molecule has 80 valence electrons. The van der Waals surface area contributed by atoms with Crippen molar-refractivity contribution in [2.75, 3.05) is 32.8 Å². The normalized spacial score (nSPS) is 32.5. The maximum absolute atomic E-state index is 11.9. The first kappa shape index (κ1) is 9.93. The monoisotopic (exact) mass is 198 g/mol. The number of carbonyl (C=O) groups excluding carboxylic acids is 1. The average molecular weight is 198 g/mol. The molecule has 0 aromatic rings. The zero-order chi connectivity index (χ0) is 9.97. The Balaban J connectivity index is 1.86. The van der Waals surface area contributed by atoms with Gasteiger partial charge in [-0.05, 0) is 19.4 Å². The molecule has 2 N–H and O–H groups in total. The lowest BCUT2D eigenvalue weighted by Gasteiger charge is -2.19. The molecule has 2 saturated heterocycles. The maximum atomic E-state index is 11.9. The molecule has 2 heterocycles. The molecule has 2 aliphatic heterocycles. The highest BCUT2D eigenvalue weighted by atomic mass is 16.3. The lowest BCUT2D eigenvalue weighted by molar-refractivity contribution is -0.134. The number of carbonyl (C=O) groups is 1. The van der Waals surface area contributed by atoms with E-state index in [1.807, 2.05) is 4.90 Å². The molecule has 2 fully saturated rings. The van der Waals surface area contributed by atoms with E-state index in [9.17, 15) is 4.79 Å². The van der Waals surface area contributed by atoms with Gasteiger partial charge in [-0.1, -0.05) is 0 Å². The van der Waals surface area contributed by atoms with E-state index in [2.05, 4.69) is 5.32 Å². The fraction of sp³-hybridized carbons (Fsp3) is 0.900. The number of aliphatic hydroxyl groups is 1. The van der Waals surface area contributed by atoms with Crippen LogP contribution in [0.1, 0.15) is 12.8 Å². The summed E-state index contributed by atoms with van der Waals surface area (Å²) in [4.78, 5) is 13.8. The highest BCUT2D eigenvalue weighted by Crippen LogP contribution is 2.20. The van der Waals surface area contributed by atoms with Gasteiger partial charge in [0.15, 0.2) is 0 Å². The van der Waals surface area contributed by atoms with Crippen LogP contribution >= 0.6 is 0 Å². The summed E-state index contributed by atoms with van der Waals surface area (Å²) < 4.78 is 0. The van der Waals surface area contributed by atoms with E-state index in [-0.39, 0.29) is 18.4 Å². The number of aliphatic hydroxyl groups excluding tert-OH is 1. The van der Waals surface area contributed by atoms with Crippen LogP contribution in [0, 0.1) is 11.8 Å². The summed E-state index contributed by atoms with van der Waals surface area (Å²) in [6, 6.07) is 0. The van der Waals surface area contributed by atoms with Gasteiger partial charge in [-0.25, -0.2) is 0 Å². The van der Waals surface area contributed by atoms with E-state index in [0.29, 0.717) is 5.92 Å². The van der Waals surface area contributed by atoms with Crippen LogP contribution in [-0.2, 0) is 4.79 Å². The third-order valence-electron chi connectivity index (χ3n) is 3.27. The van der Waals surface area contributed by atoms with Gasteiger partial charge in [0.25, 0.3) is 0 Å². The molecule has 0 saturated carbocycles. The van der Waals surface area contributed by atoms with Gasteiger partial charge in [-0.3, -0.25) is 4.79 Å². The van der Waals surface area contributed by atoms with Crippen molar-refractivity contribution in [3.63, 3.8) is 0 Å². The molecule has 0 aromatic heterocycles. The molecule has 0 aliphatic carbocycles. The van der Waals surface area contributed by atoms with Gasteiger partial charge >= 0.3 is 0 Å². The Labute approximate surface area is 84.3 Å². The van der Waals surface area contributed by atoms with Crippen molar-refractivity contribution in [2.24, 2.45) is 11.8 Å². The van der Waals surface area contributed by atoms with Gasteiger partial charge in [0, 0.05) is 32.2 Å². The van der Waals surface area contributed by atoms with E-state index in [1.54, 1.807) is 0 Å². The van der Waals surface area contributed by atoms with E-state index in [0.717, 1.165) is 39.0 Å². The van der Waals surface area contributed by atoms with Gasteiger partial charge in [-0.15, -0.1) is 0 Å². The molecular formula is C10H18N2O2. The molecule has 0 bridgehead atoms. The topological polar surface area (TPSA) is 52.6 Å². The largest absolute Gasteiger partial charge is 0.396 e. The SMILES string of the molecule is O=C([C@H]1CCNC1)N1CC[C@H](CO)C1. The first-order valence-electron chi connectivity index (χ1n) is 5.41. The first-order valence-corrected chi connectivity index (χ1v) is 5.41. The Morgan fingerprint density at radius 1 is 1.50 bits per heavy atom. The van der Waals surface area contributed by atoms with Crippen LogP contribution < -0.4 is 5.32 Å². The smallest absolute Gasteiger partial charge is 0.227 e. The molecule has 2 atom stereocenters. The minimum Gasteiger partial charge on any atom is -0.396 e. The van der Waals surface area contributed by atoms with Crippen molar-refractivity contribution in [2.45, 2.75) is 12.8 Å². The highest BCUT2D eigenvalue weighted by molar-refractivity contribution is 5.79. The molecule has 2 aliphatic rings. The highest BCUT2D eigenvalue weighted by Gasteiger charge is 2.31. The second-order valence-corrected chi connectivity index (χ2v) is 4.31. The van der Waals surface area contributed by atoms with E-state index in [1.165, 1.54) is 0 Å². The predicted octanol–water partition coefficient (Wildman–Crippen LogP) is -0.563. The quantitative estimate of drug-likeness (QED) is 0.625. The van der Waals surface area contributed by atoms with Crippen LogP contribution in [0.4, 0.5) is 0 Å². The van der Waals surface area contributed by atoms with Crippen molar-refractivity contribution in [3.05, 3.63) is 0 Å². The summed E-state index contributed by atoms with van der Waals surface area (Å²) in [7, 11) is 0. The van der Waals surface area contributed by atoms with Crippen LogP contribution in [0.3, 0.4) is 0 Å². The van der Waals surface area contributed by atoms with Crippen molar-refractivity contribution >= 4 is 5.91 Å². The number of hydrogen-bond donors (Lipinski definition) is 2. The summed E-state index contributed by atoms with van der Waals surface area (Å²) >= 11 is 0. The Morgan fingerprint density at radius 3 is 2.93 bits per heavy atom. The van der Waals surface area contributed by atoms with Crippen molar-refractivity contribution in [1.82, 2.24) is 10.2 Å². The van der Waals surface area contributed by atoms with Crippen LogP contribution in [0.25, 0.3) is 0 Å². The summed E-state index contributed by atoms with van der Waals surface area (Å²) in [6.45, 7) is 3.60. The summed E-state index contributed by atoms with van der Waals surface area (Å²) in [6.07, 6.45) is 1.93. The number of amides is 1. The lowest BCUT2D eigenvalue weighted by atomic mass is 10.1. The Kier molecular flexibility index (Phi) is 3.03. The number of rotatable bonds is 2. The van der Waals surface area contributed by atoms with E-state index < -0.39 is 0 Å². The zero-order valence-corrected chi connectivity index (χ0v) is 8.41. The van der Waals surface area contributed by atoms with Crippen molar-refractivity contribution in [1.29, 1.82) is 0 Å². The summed E-state index contributed by atoms with van der Waals surface area (Å²) in [5.41, 5.74) is 0. The molecule has 14 heavy (non-hydrogen) atoms. The van der Waals surface area contributed by atoms with Gasteiger partial charge in [-0.2, -0.15) is 0 Å². The van der Waals surface area contributed by atoms with E-state index in [4.69, 9.17) is 5.11 Å². The Hall–Kier alpha value is -0.610. The molecule has 1 amide bonds. The fourth-order valence-corrected chi connectivity index (χ4v) is 2.31. The van der Waals surface area contributed by atoms with Crippen LogP contribution in [0.2, 0.25) is 0 Å². The number of likely N-dealkylation sites (tertiary alicyclic amines) is 1. The molecule has 2 rings (SSSR count). The standard InChI is InChI=1S/C10H18N2O2/c13-7-8-2-4-12(6-8)10(14)9-1-3-11-5-9/h8-9,11,13H,1-7H2/t8-,9-/m0/s1. The fourth-order valence-electron chi connectivity index (χ4n) is 2.31. The molecule has 4 nitrogen and oxygen atoms in total. The van der Waals surface area contributed by atoms with Gasteiger partial charge in [0.1, 0.15) is 0 Å². The molecule has 0 spiro atoms. The van der Waals surface area contributed by atoms with Crippen LogP contribution in [0.15, 0.2) is 0 Å². The van der Waals surface area contributed by atoms with Gasteiger partial charge in [0.05, 0.1) is 5.92 Å². The molecule has 0 radical (unpaired) electrons. The number of hydrogen-bond acceptors (Lipinski definition) is 3. The van der Waals surface area contributed by atoms with Crippen molar-refractivity contribution in [3.8, 4) is 0 Å². The second kappa shape index (κ2) is 4.28. The third kappa shape index (κ3) is 1.91. The third-order valence-corrected chi connectivity index (χ3v) is 3.27.